The molecular weight excluding hydrogens is 330 g/mol. The van der Waals surface area contributed by atoms with Crippen LogP contribution in [0.25, 0.3) is 0 Å². The zero-order valence-corrected chi connectivity index (χ0v) is 15.8. The molecule has 1 rings (SSSR count). The van der Waals surface area contributed by atoms with Gasteiger partial charge in [-0.15, -0.1) is 0 Å². The number of guanidine groups is 1. The number of sulfone groups is 1. The SMILES string of the molecule is CCNC(=NCC(C)(C)S(C)(=O)=O)NCCCOCc1ccco1. The summed E-state index contributed by atoms with van der Waals surface area (Å²) in [6, 6.07) is 3.70. The van der Waals surface area contributed by atoms with Crippen molar-refractivity contribution < 1.29 is 17.6 Å². The molecule has 0 spiro atoms. The third-order valence-corrected chi connectivity index (χ3v) is 5.68. The summed E-state index contributed by atoms with van der Waals surface area (Å²) >= 11 is 0. The van der Waals surface area contributed by atoms with Crippen LogP contribution in [-0.2, 0) is 21.2 Å². The molecule has 0 radical (unpaired) electrons. The molecule has 0 atom stereocenters. The molecule has 7 nitrogen and oxygen atoms in total. The predicted octanol–water partition coefficient (Wildman–Crippen LogP) is 1.56. The number of hydrogen-bond acceptors (Lipinski definition) is 5. The lowest BCUT2D eigenvalue weighted by Gasteiger charge is -2.21. The monoisotopic (exact) mass is 359 g/mol. The molecule has 0 aromatic carbocycles. The van der Waals surface area contributed by atoms with E-state index in [0.29, 0.717) is 32.3 Å². The molecule has 24 heavy (non-hydrogen) atoms. The Balaban J connectivity index is 2.33. The summed E-state index contributed by atoms with van der Waals surface area (Å²) in [5.41, 5.74) is 0. The van der Waals surface area contributed by atoms with E-state index in [1.165, 1.54) is 6.26 Å². The number of nitrogens with zero attached hydrogens (tertiary/aromatic N) is 1. The van der Waals surface area contributed by atoms with Gasteiger partial charge in [-0.3, -0.25) is 4.99 Å². The average molecular weight is 359 g/mol. The topological polar surface area (TPSA) is 92.9 Å². The first-order valence-electron chi connectivity index (χ1n) is 8.08. The summed E-state index contributed by atoms with van der Waals surface area (Å²) in [6.07, 6.45) is 3.66. The molecule has 0 saturated heterocycles. The fraction of sp³-hybridized carbons (Fsp3) is 0.688. The summed E-state index contributed by atoms with van der Waals surface area (Å²) in [5.74, 6) is 1.42. The molecule has 0 fully saturated rings. The highest BCUT2D eigenvalue weighted by Crippen LogP contribution is 2.15. The lowest BCUT2D eigenvalue weighted by Crippen LogP contribution is -2.41. The van der Waals surface area contributed by atoms with Crippen molar-refractivity contribution in [3.05, 3.63) is 24.2 Å². The van der Waals surface area contributed by atoms with Gasteiger partial charge in [0, 0.05) is 26.0 Å². The second-order valence-electron chi connectivity index (χ2n) is 6.14. The standard InChI is InChI=1S/C16H29N3O4S/c1-5-17-15(19-13-16(2,3)24(4,20)21)18-9-7-10-22-12-14-8-6-11-23-14/h6,8,11H,5,7,9-10,12-13H2,1-4H3,(H2,17,18,19). The van der Waals surface area contributed by atoms with Gasteiger partial charge in [0.1, 0.15) is 12.4 Å². The van der Waals surface area contributed by atoms with Crippen molar-refractivity contribution in [2.45, 2.75) is 38.5 Å². The lowest BCUT2D eigenvalue weighted by molar-refractivity contribution is 0.105. The highest BCUT2D eigenvalue weighted by Gasteiger charge is 2.29. The van der Waals surface area contributed by atoms with Crippen LogP contribution in [-0.4, -0.2) is 51.6 Å². The zero-order chi connectivity index (χ0) is 18.1. The van der Waals surface area contributed by atoms with Crippen LogP contribution in [0.4, 0.5) is 0 Å². The molecule has 0 unspecified atom stereocenters. The lowest BCUT2D eigenvalue weighted by atomic mass is 10.2. The summed E-state index contributed by atoms with van der Waals surface area (Å²) in [7, 11) is -3.16. The van der Waals surface area contributed by atoms with E-state index >= 15 is 0 Å². The van der Waals surface area contributed by atoms with Gasteiger partial charge < -0.3 is 19.8 Å². The quantitative estimate of drug-likeness (QED) is 0.374. The fourth-order valence-electron chi connectivity index (χ4n) is 1.68. The Bertz CT molecular complexity index is 595. The van der Waals surface area contributed by atoms with Crippen LogP contribution < -0.4 is 10.6 Å². The number of ether oxygens (including phenoxy) is 1. The van der Waals surface area contributed by atoms with Gasteiger partial charge in [0.25, 0.3) is 0 Å². The second kappa shape index (κ2) is 9.68. The van der Waals surface area contributed by atoms with Crippen molar-refractivity contribution in [1.82, 2.24) is 10.6 Å². The molecule has 1 aromatic heterocycles. The molecule has 0 saturated carbocycles. The van der Waals surface area contributed by atoms with Crippen molar-refractivity contribution in [3.63, 3.8) is 0 Å². The van der Waals surface area contributed by atoms with Gasteiger partial charge >= 0.3 is 0 Å². The maximum atomic E-state index is 11.7. The maximum absolute atomic E-state index is 11.7. The number of aliphatic imine (C=N–C) groups is 1. The molecular formula is C16H29N3O4S. The normalized spacial score (nSPS) is 13.1. The minimum atomic E-state index is -3.16. The predicted molar refractivity (Wildman–Crippen MR) is 95.9 cm³/mol. The molecule has 2 N–H and O–H groups in total. The van der Waals surface area contributed by atoms with Gasteiger partial charge in [0.15, 0.2) is 15.8 Å². The number of nitrogens with one attached hydrogen (secondary N) is 2. The fourth-order valence-corrected chi connectivity index (χ4v) is 1.98. The van der Waals surface area contributed by atoms with Crippen molar-refractivity contribution >= 4 is 15.8 Å². The largest absolute Gasteiger partial charge is 0.467 e. The molecule has 0 aliphatic rings. The van der Waals surface area contributed by atoms with Crippen LogP contribution >= 0.6 is 0 Å². The Kier molecular flexibility index (Phi) is 8.27. The first kappa shape index (κ1) is 20.5. The van der Waals surface area contributed by atoms with Crippen LogP contribution in [0.5, 0.6) is 0 Å². The third kappa shape index (κ3) is 7.35. The van der Waals surface area contributed by atoms with Gasteiger partial charge in [0.2, 0.25) is 0 Å². The highest BCUT2D eigenvalue weighted by atomic mass is 32.2. The molecule has 0 aliphatic carbocycles. The first-order valence-corrected chi connectivity index (χ1v) is 9.97. The van der Waals surface area contributed by atoms with E-state index < -0.39 is 14.6 Å². The van der Waals surface area contributed by atoms with Crippen molar-refractivity contribution in [3.8, 4) is 0 Å². The minimum Gasteiger partial charge on any atom is -0.467 e. The summed E-state index contributed by atoms with van der Waals surface area (Å²) < 4.78 is 33.2. The summed E-state index contributed by atoms with van der Waals surface area (Å²) in [6.45, 7) is 7.98. The van der Waals surface area contributed by atoms with E-state index in [9.17, 15) is 8.42 Å². The molecule has 8 heteroatoms. The molecule has 1 heterocycles. The van der Waals surface area contributed by atoms with Crippen LogP contribution in [0.3, 0.4) is 0 Å². The van der Waals surface area contributed by atoms with Gasteiger partial charge in [-0.2, -0.15) is 0 Å². The smallest absolute Gasteiger partial charge is 0.191 e. The number of rotatable bonds is 10. The summed E-state index contributed by atoms with van der Waals surface area (Å²) in [5, 5.41) is 6.29. The van der Waals surface area contributed by atoms with Gasteiger partial charge in [-0.1, -0.05) is 0 Å². The molecule has 0 aliphatic heterocycles. The van der Waals surface area contributed by atoms with Crippen LogP contribution in [0.15, 0.2) is 27.8 Å². The number of hydrogen-bond donors (Lipinski definition) is 2. The Morgan fingerprint density at radius 3 is 2.71 bits per heavy atom. The van der Waals surface area contributed by atoms with Gasteiger partial charge in [-0.05, 0) is 39.3 Å². The van der Waals surface area contributed by atoms with E-state index in [4.69, 9.17) is 9.15 Å². The zero-order valence-electron chi connectivity index (χ0n) is 15.0. The summed E-state index contributed by atoms with van der Waals surface area (Å²) in [4.78, 5) is 4.37. The van der Waals surface area contributed by atoms with Gasteiger partial charge in [-0.25, -0.2) is 8.42 Å². The van der Waals surface area contributed by atoms with Crippen molar-refractivity contribution in [2.75, 3.05) is 32.5 Å². The van der Waals surface area contributed by atoms with E-state index in [0.717, 1.165) is 12.2 Å². The molecule has 0 bridgehead atoms. The second-order valence-corrected chi connectivity index (χ2v) is 8.79. The Hall–Kier alpha value is -1.54. The van der Waals surface area contributed by atoms with E-state index in [2.05, 4.69) is 15.6 Å². The van der Waals surface area contributed by atoms with Crippen molar-refractivity contribution in [2.24, 2.45) is 4.99 Å². The van der Waals surface area contributed by atoms with Crippen LogP contribution in [0, 0.1) is 0 Å². The van der Waals surface area contributed by atoms with Gasteiger partial charge in [0.05, 0.1) is 17.6 Å². The van der Waals surface area contributed by atoms with Crippen molar-refractivity contribution in [1.29, 1.82) is 0 Å². The Labute approximate surface area is 144 Å². The number of furan rings is 1. The first-order chi connectivity index (χ1) is 11.3. The molecule has 0 amide bonds. The Morgan fingerprint density at radius 1 is 1.38 bits per heavy atom. The third-order valence-electron chi connectivity index (χ3n) is 3.55. The molecule has 1 aromatic rings. The van der Waals surface area contributed by atoms with E-state index in [1.54, 1.807) is 20.1 Å². The molecule has 138 valence electrons. The Morgan fingerprint density at radius 2 is 2.12 bits per heavy atom. The van der Waals surface area contributed by atoms with Crippen LogP contribution in [0.1, 0.15) is 33.0 Å². The maximum Gasteiger partial charge on any atom is 0.191 e. The average Bonchev–Trinajstić information content (AvgIpc) is 3.00. The van der Waals surface area contributed by atoms with E-state index in [-0.39, 0.29) is 6.54 Å². The minimum absolute atomic E-state index is 0.205. The van der Waals surface area contributed by atoms with Crippen LogP contribution in [0.2, 0.25) is 0 Å². The van der Waals surface area contributed by atoms with E-state index in [1.807, 2.05) is 19.1 Å². The highest BCUT2D eigenvalue weighted by molar-refractivity contribution is 7.92.